The molecule has 0 saturated heterocycles. The Balaban J connectivity index is 2.24. The highest BCUT2D eigenvalue weighted by Crippen LogP contribution is 2.23. The van der Waals surface area contributed by atoms with Crippen molar-refractivity contribution in [3.8, 4) is 0 Å². The molecule has 0 fully saturated rings. The fraction of sp³-hybridized carbons (Fsp3) is 0.154. The first-order valence-corrected chi connectivity index (χ1v) is 5.67. The maximum Gasteiger partial charge on any atom is 0.147 e. The summed E-state index contributed by atoms with van der Waals surface area (Å²) in [4.78, 5) is 3.58. The van der Waals surface area contributed by atoms with E-state index in [-0.39, 0.29) is 17.5 Å². The number of hydrogen-bond donors (Lipinski definition) is 1. The third kappa shape index (κ3) is 2.83. The van der Waals surface area contributed by atoms with Crippen LogP contribution in [0.5, 0.6) is 0 Å². The van der Waals surface area contributed by atoms with Crippen LogP contribution < -0.4 is 0 Å². The molecule has 5 heteroatoms. The van der Waals surface area contributed by atoms with Gasteiger partial charge in [0.05, 0.1) is 12.3 Å². The summed E-state index contributed by atoms with van der Waals surface area (Å²) >= 11 is 5.75. The number of pyridine rings is 1. The lowest BCUT2D eigenvalue weighted by Gasteiger charge is -2.12. The lowest BCUT2D eigenvalue weighted by molar-refractivity contribution is 0.172. The highest BCUT2D eigenvalue weighted by Gasteiger charge is 2.15. The molecule has 1 heterocycles. The molecule has 1 unspecified atom stereocenters. The normalized spacial score (nSPS) is 12.4. The minimum Gasteiger partial charge on any atom is -0.388 e. The van der Waals surface area contributed by atoms with Gasteiger partial charge in [-0.3, -0.25) is 4.98 Å². The molecular formula is C13H10ClF2NO. The summed E-state index contributed by atoms with van der Waals surface area (Å²) in [5, 5.41) is 10.3. The SMILES string of the molecule is OC(Cc1cc(Cl)ccc1F)c1ccncc1F. The Morgan fingerprint density at radius 1 is 1.22 bits per heavy atom. The van der Waals surface area contributed by atoms with Gasteiger partial charge in [0, 0.05) is 23.2 Å². The van der Waals surface area contributed by atoms with Crippen molar-refractivity contribution in [2.45, 2.75) is 12.5 Å². The number of aliphatic hydroxyl groups is 1. The topological polar surface area (TPSA) is 33.1 Å². The van der Waals surface area contributed by atoms with E-state index in [1.165, 1.54) is 30.5 Å². The number of aromatic nitrogens is 1. The van der Waals surface area contributed by atoms with E-state index in [2.05, 4.69) is 4.98 Å². The van der Waals surface area contributed by atoms with Gasteiger partial charge in [0.25, 0.3) is 0 Å². The molecular weight excluding hydrogens is 260 g/mol. The lowest BCUT2D eigenvalue weighted by atomic mass is 10.0. The first-order chi connectivity index (χ1) is 8.58. The summed E-state index contributed by atoms with van der Waals surface area (Å²) in [7, 11) is 0. The van der Waals surface area contributed by atoms with Gasteiger partial charge in [0.1, 0.15) is 11.6 Å². The van der Waals surface area contributed by atoms with Crippen LogP contribution in [0.4, 0.5) is 8.78 Å². The number of hydrogen-bond acceptors (Lipinski definition) is 2. The van der Waals surface area contributed by atoms with E-state index in [1.54, 1.807) is 0 Å². The summed E-state index contributed by atoms with van der Waals surface area (Å²) in [6.45, 7) is 0. The summed E-state index contributed by atoms with van der Waals surface area (Å²) in [5.74, 6) is -1.10. The van der Waals surface area contributed by atoms with Crippen LogP contribution in [-0.2, 0) is 6.42 Å². The lowest BCUT2D eigenvalue weighted by Crippen LogP contribution is -2.06. The molecule has 2 rings (SSSR count). The Morgan fingerprint density at radius 2 is 2.00 bits per heavy atom. The Labute approximate surface area is 108 Å². The zero-order valence-corrected chi connectivity index (χ0v) is 10.0. The molecule has 1 aromatic carbocycles. The van der Waals surface area contributed by atoms with E-state index in [0.717, 1.165) is 6.20 Å². The molecule has 0 aliphatic carbocycles. The molecule has 1 N–H and O–H groups in total. The monoisotopic (exact) mass is 269 g/mol. The fourth-order valence-electron chi connectivity index (χ4n) is 1.67. The predicted molar refractivity (Wildman–Crippen MR) is 64.3 cm³/mol. The molecule has 0 aliphatic heterocycles. The van der Waals surface area contributed by atoms with Gasteiger partial charge in [-0.2, -0.15) is 0 Å². The van der Waals surface area contributed by atoms with Crippen molar-refractivity contribution in [1.82, 2.24) is 4.98 Å². The van der Waals surface area contributed by atoms with E-state index in [9.17, 15) is 13.9 Å². The van der Waals surface area contributed by atoms with Gasteiger partial charge in [-0.15, -0.1) is 0 Å². The van der Waals surface area contributed by atoms with E-state index in [0.29, 0.717) is 5.02 Å². The molecule has 0 aliphatic rings. The molecule has 1 atom stereocenters. The second kappa shape index (κ2) is 5.42. The van der Waals surface area contributed by atoms with Gasteiger partial charge in [-0.1, -0.05) is 11.6 Å². The van der Waals surface area contributed by atoms with Gasteiger partial charge < -0.3 is 5.11 Å². The van der Waals surface area contributed by atoms with Crippen LogP contribution in [0.2, 0.25) is 5.02 Å². The van der Waals surface area contributed by atoms with E-state index in [1.807, 2.05) is 0 Å². The third-order valence-corrected chi connectivity index (χ3v) is 2.82. The zero-order chi connectivity index (χ0) is 13.1. The van der Waals surface area contributed by atoms with Crippen LogP contribution in [0.15, 0.2) is 36.7 Å². The second-order valence-corrected chi connectivity index (χ2v) is 4.29. The van der Waals surface area contributed by atoms with Crippen molar-refractivity contribution in [2.75, 3.05) is 0 Å². The van der Waals surface area contributed by atoms with Crippen molar-refractivity contribution in [1.29, 1.82) is 0 Å². The fourth-order valence-corrected chi connectivity index (χ4v) is 1.87. The van der Waals surface area contributed by atoms with Crippen molar-refractivity contribution >= 4 is 11.6 Å². The Bertz CT molecular complexity index is 562. The molecule has 0 amide bonds. The Hall–Kier alpha value is -1.52. The largest absolute Gasteiger partial charge is 0.388 e. The first kappa shape index (κ1) is 12.9. The highest BCUT2D eigenvalue weighted by molar-refractivity contribution is 6.30. The standard InChI is InChI=1S/C13H10ClF2NO/c14-9-1-2-11(15)8(5-9)6-13(18)10-3-4-17-7-12(10)16/h1-5,7,13,18H,6H2. The molecule has 94 valence electrons. The number of aliphatic hydroxyl groups excluding tert-OH is 1. The third-order valence-electron chi connectivity index (χ3n) is 2.58. The molecule has 0 saturated carbocycles. The number of benzene rings is 1. The van der Waals surface area contributed by atoms with E-state index >= 15 is 0 Å². The summed E-state index contributed by atoms with van der Waals surface area (Å²) in [6, 6.07) is 5.41. The predicted octanol–water partition coefficient (Wildman–Crippen LogP) is 3.29. The average molecular weight is 270 g/mol. The van der Waals surface area contributed by atoms with E-state index in [4.69, 9.17) is 11.6 Å². The van der Waals surface area contributed by atoms with Gasteiger partial charge in [0.15, 0.2) is 0 Å². The van der Waals surface area contributed by atoms with Crippen LogP contribution in [-0.4, -0.2) is 10.1 Å². The zero-order valence-electron chi connectivity index (χ0n) is 9.28. The van der Waals surface area contributed by atoms with Crippen molar-refractivity contribution < 1.29 is 13.9 Å². The summed E-state index contributed by atoms with van der Waals surface area (Å²) < 4.78 is 26.9. The maximum absolute atomic E-state index is 13.5. The van der Waals surface area contributed by atoms with Crippen LogP contribution in [0.1, 0.15) is 17.2 Å². The van der Waals surface area contributed by atoms with Crippen LogP contribution in [0.25, 0.3) is 0 Å². The average Bonchev–Trinajstić information content (AvgIpc) is 2.34. The molecule has 0 radical (unpaired) electrons. The van der Waals surface area contributed by atoms with Crippen LogP contribution in [0.3, 0.4) is 0 Å². The quantitative estimate of drug-likeness (QED) is 0.927. The Kier molecular flexibility index (Phi) is 3.89. The van der Waals surface area contributed by atoms with Gasteiger partial charge in [-0.05, 0) is 29.8 Å². The molecule has 1 aromatic heterocycles. The van der Waals surface area contributed by atoms with Crippen LogP contribution in [0, 0.1) is 11.6 Å². The van der Waals surface area contributed by atoms with Crippen molar-refractivity contribution in [3.05, 3.63) is 64.4 Å². The highest BCUT2D eigenvalue weighted by atomic mass is 35.5. The van der Waals surface area contributed by atoms with Crippen LogP contribution >= 0.6 is 11.6 Å². The summed E-state index contributed by atoms with van der Waals surface area (Å²) in [5.41, 5.74) is 0.329. The van der Waals surface area contributed by atoms with Gasteiger partial charge in [-0.25, -0.2) is 8.78 Å². The van der Waals surface area contributed by atoms with Gasteiger partial charge in [0.2, 0.25) is 0 Å². The smallest absolute Gasteiger partial charge is 0.147 e. The number of rotatable bonds is 3. The minimum absolute atomic E-state index is 0.0483. The molecule has 18 heavy (non-hydrogen) atoms. The molecule has 2 nitrogen and oxygen atoms in total. The molecule has 0 spiro atoms. The van der Waals surface area contributed by atoms with Gasteiger partial charge >= 0.3 is 0 Å². The number of nitrogens with zero attached hydrogens (tertiary/aromatic N) is 1. The van der Waals surface area contributed by atoms with Crippen molar-refractivity contribution in [3.63, 3.8) is 0 Å². The second-order valence-electron chi connectivity index (χ2n) is 3.85. The molecule has 2 aromatic rings. The van der Waals surface area contributed by atoms with Crippen molar-refractivity contribution in [2.24, 2.45) is 0 Å². The number of halogens is 3. The molecule has 0 bridgehead atoms. The Morgan fingerprint density at radius 3 is 2.72 bits per heavy atom. The maximum atomic E-state index is 13.5. The first-order valence-electron chi connectivity index (χ1n) is 5.29. The van der Waals surface area contributed by atoms with E-state index < -0.39 is 17.7 Å². The minimum atomic E-state index is -1.14. The summed E-state index contributed by atoms with van der Waals surface area (Å²) in [6.07, 6.45) is 1.19.